The molecule has 0 heterocycles. The van der Waals surface area contributed by atoms with Crippen molar-refractivity contribution >= 4 is 11.4 Å². The van der Waals surface area contributed by atoms with Crippen LogP contribution in [0.5, 0.6) is 0 Å². The van der Waals surface area contributed by atoms with Crippen LogP contribution < -0.4 is 4.90 Å². The number of nitro benzene ring substituents is 1. The Morgan fingerprint density at radius 1 is 1.61 bits per heavy atom. The van der Waals surface area contributed by atoms with Gasteiger partial charge in [-0.1, -0.05) is 12.0 Å². The summed E-state index contributed by atoms with van der Waals surface area (Å²) in [4.78, 5) is 12.3. The number of hydrogen-bond donors (Lipinski definition) is 1. The van der Waals surface area contributed by atoms with E-state index in [4.69, 9.17) is 6.42 Å². The number of benzene rings is 1. The third kappa shape index (κ3) is 2.99. The zero-order chi connectivity index (χ0) is 13.7. The lowest BCUT2D eigenvalue weighted by Crippen LogP contribution is -2.23. The zero-order valence-corrected chi connectivity index (χ0v) is 10.5. The van der Waals surface area contributed by atoms with E-state index < -0.39 is 11.0 Å². The van der Waals surface area contributed by atoms with Crippen LogP contribution in [0.3, 0.4) is 0 Å². The fraction of sp³-hybridized carbons (Fsp3) is 0.385. The van der Waals surface area contributed by atoms with Crippen LogP contribution in [0, 0.1) is 22.5 Å². The van der Waals surface area contributed by atoms with Gasteiger partial charge in [-0.05, 0) is 25.5 Å². The number of anilines is 1. The van der Waals surface area contributed by atoms with Gasteiger partial charge in [-0.15, -0.1) is 6.42 Å². The first-order valence-electron chi connectivity index (χ1n) is 5.66. The number of aliphatic hydroxyl groups excluding tert-OH is 1. The molecule has 1 N–H and O–H groups in total. The van der Waals surface area contributed by atoms with Crippen LogP contribution in [-0.4, -0.2) is 23.1 Å². The van der Waals surface area contributed by atoms with Crippen LogP contribution in [0.25, 0.3) is 0 Å². The van der Waals surface area contributed by atoms with Crippen molar-refractivity contribution in [2.45, 2.75) is 20.0 Å². The molecule has 0 saturated carbocycles. The van der Waals surface area contributed by atoms with Crippen LogP contribution in [0.1, 0.15) is 25.5 Å². The molecule has 0 aliphatic carbocycles. The fourth-order valence-electron chi connectivity index (χ4n) is 1.69. The standard InChI is InChI=1S/C13H16N2O3/c1-4-8-14(5-2)12-7-6-11(10(3)16)9-13(12)15(17)18/h1,6-7,9-10,16H,5,8H2,2-3H3/t10-/m1/s1. The van der Waals surface area contributed by atoms with Gasteiger partial charge in [0.2, 0.25) is 0 Å². The molecule has 5 nitrogen and oxygen atoms in total. The second-order valence-corrected chi connectivity index (χ2v) is 3.90. The molecule has 0 aliphatic rings. The summed E-state index contributed by atoms with van der Waals surface area (Å²) < 4.78 is 0. The van der Waals surface area contributed by atoms with Gasteiger partial charge in [-0.25, -0.2) is 0 Å². The Labute approximate surface area is 106 Å². The van der Waals surface area contributed by atoms with Gasteiger partial charge >= 0.3 is 0 Å². The summed E-state index contributed by atoms with van der Waals surface area (Å²) in [5.41, 5.74) is 0.956. The van der Waals surface area contributed by atoms with Gasteiger partial charge < -0.3 is 10.0 Å². The highest BCUT2D eigenvalue weighted by molar-refractivity contribution is 5.65. The molecule has 0 unspecified atom stereocenters. The van der Waals surface area contributed by atoms with Gasteiger partial charge in [-0.3, -0.25) is 10.1 Å². The first-order valence-corrected chi connectivity index (χ1v) is 5.66. The predicted molar refractivity (Wildman–Crippen MR) is 70.5 cm³/mol. The largest absolute Gasteiger partial charge is 0.389 e. The molecule has 18 heavy (non-hydrogen) atoms. The van der Waals surface area contributed by atoms with Crippen molar-refractivity contribution in [3.8, 4) is 12.3 Å². The summed E-state index contributed by atoms with van der Waals surface area (Å²) in [5, 5.41) is 20.5. The van der Waals surface area contributed by atoms with Crippen LogP contribution in [0.4, 0.5) is 11.4 Å². The lowest BCUT2D eigenvalue weighted by Gasteiger charge is -2.20. The number of terminal acetylenes is 1. The maximum absolute atomic E-state index is 11.1. The van der Waals surface area contributed by atoms with E-state index >= 15 is 0 Å². The highest BCUT2D eigenvalue weighted by atomic mass is 16.6. The number of nitro groups is 1. The molecule has 1 rings (SSSR count). The molecule has 0 aromatic heterocycles. The third-order valence-corrected chi connectivity index (χ3v) is 2.68. The SMILES string of the molecule is C#CCN(CC)c1ccc([C@@H](C)O)cc1[N+](=O)[O-]. The smallest absolute Gasteiger partial charge is 0.292 e. The Kier molecular flexibility index (Phi) is 4.69. The average molecular weight is 248 g/mol. The fourth-order valence-corrected chi connectivity index (χ4v) is 1.69. The van der Waals surface area contributed by atoms with Gasteiger partial charge in [0.05, 0.1) is 17.6 Å². The highest BCUT2D eigenvalue weighted by Crippen LogP contribution is 2.30. The highest BCUT2D eigenvalue weighted by Gasteiger charge is 2.19. The molecule has 0 fully saturated rings. The predicted octanol–water partition coefficient (Wildman–Crippen LogP) is 2.11. The normalized spacial score (nSPS) is 11.7. The second kappa shape index (κ2) is 6.03. The zero-order valence-electron chi connectivity index (χ0n) is 10.5. The monoisotopic (exact) mass is 248 g/mol. The van der Waals surface area contributed by atoms with E-state index in [0.29, 0.717) is 24.3 Å². The van der Waals surface area contributed by atoms with Crippen molar-refractivity contribution in [1.29, 1.82) is 0 Å². The van der Waals surface area contributed by atoms with Gasteiger partial charge in [-0.2, -0.15) is 0 Å². The number of aliphatic hydroxyl groups is 1. The maximum Gasteiger partial charge on any atom is 0.292 e. The quantitative estimate of drug-likeness (QED) is 0.492. The average Bonchev–Trinajstić information content (AvgIpc) is 2.35. The lowest BCUT2D eigenvalue weighted by atomic mass is 10.1. The van der Waals surface area contributed by atoms with Crippen LogP contribution >= 0.6 is 0 Å². The summed E-state index contributed by atoms with van der Waals surface area (Å²) in [6.07, 6.45) is 4.51. The van der Waals surface area contributed by atoms with E-state index in [1.54, 1.807) is 24.0 Å². The summed E-state index contributed by atoms with van der Waals surface area (Å²) in [6.45, 7) is 4.34. The summed E-state index contributed by atoms with van der Waals surface area (Å²) in [6, 6.07) is 4.69. The van der Waals surface area contributed by atoms with Crippen molar-refractivity contribution < 1.29 is 10.0 Å². The molecule has 96 valence electrons. The molecule has 0 spiro atoms. The van der Waals surface area contributed by atoms with Gasteiger partial charge in [0.25, 0.3) is 5.69 Å². The Morgan fingerprint density at radius 2 is 2.28 bits per heavy atom. The third-order valence-electron chi connectivity index (χ3n) is 2.68. The molecule has 1 aromatic rings. The van der Waals surface area contributed by atoms with E-state index in [2.05, 4.69) is 5.92 Å². The Hall–Kier alpha value is -2.06. The number of rotatable bonds is 5. The minimum atomic E-state index is -0.736. The van der Waals surface area contributed by atoms with Gasteiger partial charge in [0, 0.05) is 12.6 Å². The van der Waals surface area contributed by atoms with E-state index in [1.165, 1.54) is 6.07 Å². The molecule has 0 aliphatic heterocycles. The number of nitrogens with zero attached hydrogens (tertiary/aromatic N) is 2. The van der Waals surface area contributed by atoms with Crippen LogP contribution in [0.15, 0.2) is 18.2 Å². The van der Waals surface area contributed by atoms with Crippen molar-refractivity contribution in [2.75, 3.05) is 18.0 Å². The lowest BCUT2D eigenvalue weighted by molar-refractivity contribution is -0.384. The topological polar surface area (TPSA) is 66.6 Å². The van der Waals surface area contributed by atoms with Crippen molar-refractivity contribution in [2.24, 2.45) is 0 Å². The second-order valence-electron chi connectivity index (χ2n) is 3.90. The Balaban J connectivity index is 3.27. The van der Waals surface area contributed by atoms with Gasteiger partial charge in [0.1, 0.15) is 5.69 Å². The summed E-state index contributed by atoms with van der Waals surface area (Å²) in [7, 11) is 0. The van der Waals surface area contributed by atoms with E-state index in [-0.39, 0.29) is 5.69 Å². The van der Waals surface area contributed by atoms with E-state index in [0.717, 1.165) is 0 Å². The van der Waals surface area contributed by atoms with Crippen LogP contribution in [-0.2, 0) is 0 Å². The molecule has 5 heteroatoms. The maximum atomic E-state index is 11.1. The first kappa shape index (κ1) is 14.0. The van der Waals surface area contributed by atoms with E-state index in [1.807, 2.05) is 6.92 Å². The summed E-state index contributed by atoms with van der Waals surface area (Å²) >= 11 is 0. The van der Waals surface area contributed by atoms with Crippen molar-refractivity contribution in [1.82, 2.24) is 0 Å². The Morgan fingerprint density at radius 3 is 2.72 bits per heavy atom. The Bertz CT molecular complexity index is 478. The molecule has 0 bridgehead atoms. The molecule has 0 radical (unpaired) electrons. The van der Waals surface area contributed by atoms with Gasteiger partial charge in [0.15, 0.2) is 0 Å². The summed E-state index contributed by atoms with van der Waals surface area (Å²) in [5.74, 6) is 2.47. The minimum Gasteiger partial charge on any atom is -0.389 e. The van der Waals surface area contributed by atoms with Crippen LogP contribution in [0.2, 0.25) is 0 Å². The first-order chi connectivity index (χ1) is 8.51. The van der Waals surface area contributed by atoms with Crippen molar-refractivity contribution in [3.05, 3.63) is 33.9 Å². The molecule has 0 amide bonds. The molecule has 1 aromatic carbocycles. The molecular formula is C13H16N2O3. The van der Waals surface area contributed by atoms with E-state index in [9.17, 15) is 15.2 Å². The number of hydrogen-bond acceptors (Lipinski definition) is 4. The molecule has 1 atom stereocenters. The molecular weight excluding hydrogens is 232 g/mol. The van der Waals surface area contributed by atoms with Crippen molar-refractivity contribution in [3.63, 3.8) is 0 Å². The molecule has 0 saturated heterocycles. The minimum absolute atomic E-state index is 0.0366.